The summed E-state index contributed by atoms with van der Waals surface area (Å²) in [6.07, 6.45) is 0.928. The van der Waals surface area contributed by atoms with Crippen molar-refractivity contribution in [3.63, 3.8) is 0 Å². The highest BCUT2D eigenvalue weighted by atomic mass is 19.4. The van der Waals surface area contributed by atoms with Crippen LogP contribution in [0.1, 0.15) is 54.9 Å². The summed E-state index contributed by atoms with van der Waals surface area (Å²) in [5, 5.41) is 8.35. The van der Waals surface area contributed by atoms with Crippen LogP contribution in [-0.2, 0) is 12.7 Å². The summed E-state index contributed by atoms with van der Waals surface area (Å²) in [6.45, 7) is 0.0129. The molecule has 2 aromatic rings. The summed E-state index contributed by atoms with van der Waals surface area (Å²) in [6, 6.07) is 2.38. The Hall–Kier alpha value is -2.12. The lowest BCUT2D eigenvalue weighted by Gasteiger charge is -2.12. The van der Waals surface area contributed by atoms with Crippen molar-refractivity contribution in [2.75, 3.05) is 0 Å². The molecule has 2 aliphatic carbocycles. The number of hydrogen-bond acceptors (Lipinski definition) is 3. The smallest absolute Gasteiger partial charge is 0.310 e. The molecular weight excluding hydrogens is 309 g/mol. The van der Waals surface area contributed by atoms with E-state index >= 15 is 0 Å². The zero-order valence-corrected chi connectivity index (χ0v) is 12.3. The minimum atomic E-state index is -4.65. The Bertz CT molecular complexity index is 800. The average Bonchev–Trinajstić information content (AvgIpc) is 3.39. The third-order valence-electron chi connectivity index (χ3n) is 4.28. The highest BCUT2D eigenvalue weighted by Crippen LogP contribution is 2.44. The van der Waals surface area contributed by atoms with E-state index in [9.17, 15) is 18.0 Å². The van der Waals surface area contributed by atoms with Crippen molar-refractivity contribution < 1.29 is 13.2 Å². The van der Waals surface area contributed by atoms with E-state index < -0.39 is 17.3 Å². The Morgan fingerprint density at radius 2 is 1.91 bits per heavy atom. The second-order valence-corrected chi connectivity index (χ2v) is 6.20. The second kappa shape index (κ2) is 4.94. The van der Waals surface area contributed by atoms with Gasteiger partial charge in [0.2, 0.25) is 0 Å². The Kier molecular flexibility index (Phi) is 3.11. The fourth-order valence-corrected chi connectivity index (χ4v) is 2.83. The monoisotopic (exact) mass is 324 g/mol. The van der Waals surface area contributed by atoms with E-state index in [1.807, 2.05) is 4.57 Å². The molecule has 8 heteroatoms. The van der Waals surface area contributed by atoms with Gasteiger partial charge < -0.3 is 9.13 Å². The summed E-state index contributed by atoms with van der Waals surface area (Å²) in [5.41, 5.74) is -2.20. The fourth-order valence-electron chi connectivity index (χ4n) is 2.83. The quantitative estimate of drug-likeness (QED) is 0.869. The lowest BCUT2D eigenvalue weighted by molar-refractivity contribution is -0.138. The molecule has 122 valence electrons. The van der Waals surface area contributed by atoms with Gasteiger partial charge in [0.15, 0.2) is 5.82 Å². The van der Waals surface area contributed by atoms with Gasteiger partial charge in [0.25, 0.3) is 5.56 Å². The van der Waals surface area contributed by atoms with Crippen LogP contribution in [0.3, 0.4) is 0 Å². The first-order chi connectivity index (χ1) is 10.9. The number of aromatic nitrogens is 4. The van der Waals surface area contributed by atoms with Crippen LogP contribution < -0.4 is 5.56 Å². The molecule has 2 heterocycles. The summed E-state index contributed by atoms with van der Waals surface area (Å²) < 4.78 is 41.7. The third kappa shape index (κ3) is 2.66. The van der Waals surface area contributed by atoms with Crippen molar-refractivity contribution in [1.82, 2.24) is 19.3 Å². The van der Waals surface area contributed by atoms with Crippen LogP contribution in [0, 0.1) is 0 Å². The predicted octanol–water partition coefficient (Wildman–Crippen LogP) is 2.72. The Labute approximate surface area is 129 Å². The topological polar surface area (TPSA) is 52.7 Å². The largest absolute Gasteiger partial charge is 0.421 e. The molecule has 0 aliphatic heterocycles. The Balaban J connectivity index is 1.70. The minimum absolute atomic E-state index is 0.0129. The molecule has 5 nitrogen and oxygen atoms in total. The molecule has 0 atom stereocenters. The molecule has 2 saturated carbocycles. The molecule has 0 amide bonds. The van der Waals surface area contributed by atoms with Crippen LogP contribution in [0.2, 0.25) is 0 Å². The van der Waals surface area contributed by atoms with Crippen LogP contribution in [-0.4, -0.2) is 19.3 Å². The average molecular weight is 324 g/mol. The van der Waals surface area contributed by atoms with Gasteiger partial charge in [-0.2, -0.15) is 13.2 Å². The van der Waals surface area contributed by atoms with E-state index in [1.54, 1.807) is 0 Å². The third-order valence-corrected chi connectivity index (χ3v) is 4.28. The summed E-state index contributed by atoms with van der Waals surface area (Å²) in [5.74, 6) is 1.90. The zero-order chi connectivity index (χ0) is 16.2. The normalized spacial score (nSPS) is 18.4. The lowest BCUT2D eigenvalue weighted by atomic mass is 10.2. The zero-order valence-electron chi connectivity index (χ0n) is 12.3. The number of pyridine rings is 1. The maximum absolute atomic E-state index is 12.9. The molecule has 0 unspecified atom stereocenters. The molecule has 0 saturated heterocycles. The van der Waals surface area contributed by atoms with Crippen LogP contribution in [0.4, 0.5) is 13.2 Å². The molecule has 0 aromatic carbocycles. The molecule has 2 aliphatic rings. The number of alkyl halides is 3. The van der Waals surface area contributed by atoms with Crippen LogP contribution in [0.15, 0.2) is 23.1 Å². The fraction of sp³-hybridized carbons (Fsp3) is 0.533. The first-order valence-corrected chi connectivity index (χ1v) is 7.65. The first-order valence-electron chi connectivity index (χ1n) is 7.65. The highest BCUT2D eigenvalue weighted by molar-refractivity contribution is 5.16. The van der Waals surface area contributed by atoms with Gasteiger partial charge in [-0.05, 0) is 37.8 Å². The van der Waals surface area contributed by atoms with Gasteiger partial charge in [-0.3, -0.25) is 4.79 Å². The summed E-state index contributed by atoms with van der Waals surface area (Å²) in [4.78, 5) is 12.1. The van der Waals surface area contributed by atoms with Crippen molar-refractivity contribution in [3.8, 4) is 0 Å². The van der Waals surface area contributed by atoms with Crippen molar-refractivity contribution in [2.24, 2.45) is 0 Å². The van der Waals surface area contributed by atoms with Crippen molar-refractivity contribution in [1.29, 1.82) is 0 Å². The number of halogens is 3. The molecule has 0 spiro atoms. The molecule has 4 rings (SSSR count). The maximum Gasteiger partial charge on any atom is 0.421 e. The van der Waals surface area contributed by atoms with Crippen LogP contribution >= 0.6 is 0 Å². The lowest BCUT2D eigenvalue weighted by Crippen LogP contribution is -2.29. The van der Waals surface area contributed by atoms with E-state index in [0.717, 1.165) is 42.1 Å². The van der Waals surface area contributed by atoms with E-state index in [0.29, 0.717) is 17.8 Å². The van der Waals surface area contributed by atoms with Crippen molar-refractivity contribution in [2.45, 2.75) is 50.4 Å². The Morgan fingerprint density at radius 1 is 1.17 bits per heavy atom. The van der Waals surface area contributed by atoms with Crippen LogP contribution in [0.5, 0.6) is 0 Å². The van der Waals surface area contributed by atoms with Crippen molar-refractivity contribution >= 4 is 0 Å². The van der Waals surface area contributed by atoms with Gasteiger partial charge >= 0.3 is 6.18 Å². The Morgan fingerprint density at radius 3 is 2.52 bits per heavy atom. The minimum Gasteiger partial charge on any atom is -0.310 e. The van der Waals surface area contributed by atoms with Gasteiger partial charge in [0, 0.05) is 18.2 Å². The van der Waals surface area contributed by atoms with Gasteiger partial charge in [0.05, 0.1) is 6.54 Å². The number of hydrogen-bond donors (Lipinski definition) is 0. The standard InChI is InChI=1S/C15H15F3N4O/c16-15(17,18)11-2-1-7-21(14(11)23)8-12-19-20-13(9-3-4-9)22(12)10-5-6-10/h1-2,7,9-10H,3-6,8H2. The van der Waals surface area contributed by atoms with E-state index in [-0.39, 0.29) is 6.54 Å². The van der Waals surface area contributed by atoms with E-state index in [4.69, 9.17) is 0 Å². The SMILES string of the molecule is O=c1c(C(F)(F)F)cccn1Cc1nnc(C2CC2)n1C1CC1. The summed E-state index contributed by atoms with van der Waals surface area (Å²) >= 11 is 0. The molecule has 2 aromatic heterocycles. The van der Waals surface area contributed by atoms with Crippen molar-refractivity contribution in [3.05, 3.63) is 45.9 Å². The van der Waals surface area contributed by atoms with E-state index in [1.165, 1.54) is 12.3 Å². The molecule has 0 radical (unpaired) electrons. The number of nitrogens with zero attached hydrogens (tertiary/aromatic N) is 4. The molecular formula is C15H15F3N4O. The van der Waals surface area contributed by atoms with Gasteiger partial charge in [-0.25, -0.2) is 0 Å². The summed E-state index contributed by atoms with van der Waals surface area (Å²) in [7, 11) is 0. The second-order valence-electron chi connectivity index (χ2n) is 6.20. The van der Waals surface area contributed by atoms with Gasteiger partial charge in [-0.15, -0.1) is 10.2 Å². The molecule has 0 N–H and O–H groups in total. The van der Waals surface area contributed by atoms with Gasteiger partial charge in [-0.1, -0.05) is 0 Å². The molecule has 0 bridgehead atoms. The first kappa shape index (κ1) is 14.5. The van der Waals surface area contributed by atoms with Gasteiger partial charge in [0.1, 0.15) is 11.4 Å². The molecule has 2 fully saturated rings. The predicted molar refractivity (Wildman–Crippen MR) is 75.1 cm³/mol. The number of rotatable bonds is 4. The van der Waals surface area contributed by atoms with Crippen LogP contribution in [0.25, 0.3) is 0 Å². The molecule has 23 heavy (non-hydrogen) atoms. The maximum atomic E-state index is 12.9. The highest BCUT2D eigenvalue weighted by Gasteiger charge is 2.37. The van der Waals surface area contributed by atoms with E-state index in [2.05, 4.69) is 10.2 Å².